The highest BCUT2D eigenvalue weighted by Gasteiger charge is 2.14. The normalized spacial score (nSPS) is 16.8. The predicted molar refractivity (Wildman–Crippen MR) is 74.3 cm³/mol. The van der Waals surface area contributed by atoms with E-state index in [1.807, 2.05) is 12.1 Å². The van der Waals surface area contributed by atoms with Crippen LogP contribution in [0.3, 0.4) is 0 Å². The van der Waals surface area contributed by atoms with Gasteiger partial charge in [0.15, 0.2) is 6.29 Å². The van der Waals surface area contributed by atoms with Crippen molar-refractivity contribution in [2.75, 3.05) is 33.9 Å². The number of hydrogen-bond acceptors (Lipinski definition) is 4. The number of nitrogens with zero attached hydrogens (tertiary/aromatic N) is 1. The molecular formula is C15H23NO3. The van der Waals surface area contributed by atoms with Gasteiger partial charge in [0, 0.05) is 19.5 Å². The third-order valence-corrected chi connectivity index (χ3v) is 3.25. The van der Waals surface area contributed by atoms with Crippen molar-refractivity contribution in [1.82, 2.24) is 4.90 Å². The smallest absolute Gasteiger partial charge is 0.158 e. The summed E-state index contributed by atoms with van der Waals surface area (Å²) in [6.45, 7) is 3.55. The van der Waals surface area contributed by atoms with Gasteiger partial charge in [-0.25, -0.2) is 0 Å². The lowest BCUT2D eigenvalue weighted by Gasteiger charge is -2.25. The molecule has 19 heavy (non-hydrogen) atoms. The van der Waals surface area contributed by atoms with Crippen molar-refractivity contribution in [1.29, 1.82) is 0 Å². The molecule has 0 aliphatic carbocycles. The predicted octanol–water partition coefficient (Wildman–Crippen LogP) is 2.28. The molecule has 4 heteroatoms. The first-order valence-corrected chi connectivity index (χ1v) is 6.82. The Morgan fingerprint density at radius 1 is 1.21 bits per heavy atom. The second-order valence-corrected chi connectivity index (χ2v) is 4.90. The van der Waals surface area contributed by atoms with E-state index in [0.717, 1.165) is 44.9 Å². The van der Waals surface area contributed by atoms with E-state index in [1.165, 1.54) is 5.56 Å². The van der Waals surface area contributed by atoms with Crippen LogP contribution < -0.4 is 4.74 Å². The van der Waals surface area contributed by atoms with E-state index < -0.39 is 0 Å². The third kappa shape index (κ3) is 4.82. The maximum atomic E-state index is 5.54. The lowest BCUT2D eigenvalue weighted by molar-refractivity contribution is -0.182. The fourth-order valence-corrected chi connectivity index (χ4v) is 2.15. The van der Waals surface area contributed by atoms with Gasteiger partial charge in [-0.15, -0.1) is 0 Å². The average molecular weight is 265 g/mol. The molecule has 0 saturated carbocycles. The van der Waals surface area contributed by atoms with Crippen LogP contribution in [0.1, 0.15) is 18.4 Å². The van der Waals surface area contributed by atoms with Gasteiger partial charge in [-0.2, -0.15) is 0 Å². The molecule has 1 aromatic carbocycles. The zero-order chi connectivity index (χ0) is 13.5. The molecule has 1 aliphatic rings. The largest absolute Gasteiger partial charge is 0.497 e. The highest BCUT2D eigenvalue weighted by molar-refractivity contribution is 5.26. The van der Waals surface area contributed by atoms with Gasteiger partial charge in [0.2, 0.25) is 0 Å². The number of hydrogen-bond donors (Lipinski definition) is 0. The Morgan fingerprint density at radius 2 is 1.89 bits per heavy atom. The summed E-state index contributed by atoms with van der Waals surface area (Å²) in [5, 5.41) is 0. The molecule has 0 radical (unpaired) electrons. The monoisotopic (exact) mass is 265 g/mol. The van der Waals surface area contributed by atoms with E-state index in [4.69, 9.17) is 14.2 Å². The molecule has 0 atom stereocenters. The minimum Gasteiger partial charge on any atom is -0.497 e. The summed E-state index contributed by atoms with van der Waals surface area (Å²) in [5.74, 6) is 0.899. The Hall–Kier alpha value is -1.10. The standard InChI is InChI=1S/C15H23NO3/c1-16(9-8-15-18-10-3-11-19-15)12-13-4-6-14(17-2)7-5-13/h4-7,15H,3,8-12H2,1-2H3. The van der Waals surface area contributed by atoms with Crippen LogP contribution in [-0.4, -0.2) is 45.1 Å². The third-order valence-electron chi connectivity index (χ3n) is 3.25. The number of benzene rings is 1. The minimum absolute atomic E-state index is 0.0212. The maximum Gasteiger partial charge on any atom is 0.158 e. The summed E-state index contributed by atoms with van der Waals surface area (Å²) in [6, 6.07) is 8.19. The fourth-order valence-electron chi connectivity index (χ4n) is 2.15. The maximum absolute atomic E-state index is 5.54. The molecule has 1 saturated heterocycles. The van der Waals surface area contributed by atoms with Crippen LogP contribution >= 0.6 is 0 Å². The summed E-state index contributed by atoms with van der Waals surface area (Å²) in [6.07, 6.45) is 1.91. The summed E-state index contributed by atoms with van der Waals surface area (Å²) in [5.41, 5.74) is 1.29. The first-order valence-electron chi connectivity index (χ1n) is 6.82. The molecule has 0 amide bonds. The quantitative estimate of drug-likeness (QED) is 0.789. The van der Waals surface area contributed by atoms with Crippen molar-refractivity contribution in [3.8, 4) is 5.75 Å². The van der Waals surface area contributed by atoms with Crippen LogP contribution in [0, 0.1) is 0 Å². The molecule has 0 N–H and O–H groups in total. The van der Waals surface area contributed by atoms with Gasteiger partial charge < -0.3 is 19.1 Å². The Kier molecular flexibility index (Phi) is 5.63. The molecule has 1 heterocycles. The molecule has 0 spiro atoms. The van der Waals surface area contributed by atoms with Gasteiger partial charge in [-0.05, 0) is 31.2 Å². The van der Waals surface area contributed by atoms with Crippen LogP contribution in [0.25, 0.3) is 0 Å². The molecule has 106 valence electrons. The van der Waals surface area contributed by atoms with Crippen molar-refractivity contribution < 1.29 is 14.2 Å². The Balaban J connectivity index is 1.71. The van der Waals surface area contributed by atoms with Crippen molar-refractivity contribution >= 4 is 0 Å². The molecule has 1 aliphatic heterocycles. The van der Waals surface area contributed by atoms with Gasteiger partial charge in [0.05, 0.1) is 20.3 Å². The molecule has 1 aromatic rings. The highest BCUT2D eigenvalue weighted by Crippen LogP contribution is 2.13. The molecule has 0 bridgehead atoms. The number of methoxy groups -OCH3 is 1. The van der Waals surface area contributed by atoms with E-state index in [1.54, 1.807) is 7.11 Å². The topological polar surface area (TPSA) is 30.9 Å². The van der Waals surface area contributed by atoms with Crippen molar-refractivity contribution in [2.24, 2.45) is 0 Å². The van der Waals surface area contributed by atoms with Gasteiger partial charge in [-0.3, -0.25) is 0 Å². The van der Waals surface area contributed by atoms with E-state index in [2.05, 4.69) is 24.1 Å². The van der Waals surface area contributed by atoms with Crippen molar-refractivity contribution in [3.63, 3.8) is 0 Å². The Bertz CT molecular complexity index is 360. The molecule has 1 fully saturated rings. The first kappa shape index (κ1) is 14.3. The van der Waals surface area contributed by atoms with Gasteiger partial charge >= 0.3 is 0 Å². The molecular weight excluding hydrogens is 242 g/mol. The van der Waals surface area contributed by atoms with Gasteiger partial charge in [0.1, 0.15) is 5.75 Å². The fraction of sp³-hybridized carbons (Fsp3) is 0.600. The van der Waals surface area contributed by atoms with E-state index in [0.29, 0.717) is 0 Å². The molecule has 0 unspecified atom stereocenters. The summed E-state index contributed by atoms with van der Waals surface area (Å²) in [7, 11) is 3.80. The second kappa shape index (κ2) is 7.48. The highest BCUT2D eigenvalue weighted by atomic mass is 16.7. The lowest BCUT2D eigenvalue weighted by atomic mass is 10.2. The van der Waals surface area contributed by atoms with E-state index in [-0.39, 0.29) is 6.29 Å². The van der Waals surface area contributed by atoms with Crippen molar-refractivity contribution in [2.45, 2.75) is 25.7 Å². The van der Waals surface area contributed by atoms with Crippen LogP contribution in [0.5, 0.6) is 5.75 Å². The average Bonchev–Trinajstić information content (AvgIpc) is 2.47. The Morgan fingerprint density at radius 3 is 2.53 bits per heavy atom. The summed E-state index contributed by atoms with van der Waals surface area (Å²) in [4.78, 5) is 2.28. The zero-order valence-electron chi connectivity index (χ0n) is 11.8. The molecule has 4 nitrogen and oxygen atoms in total. The van der Waals surface area contributed by atoms with Crippen LogP contribution in [0.15, 0.2) is 24.3 Å². The SMILES string of the molecule is COc1ccc(CN(C)CCC2OCCCO2)cc1. The molecule has 0 aromatic heterocycles. The Labute approximate surface area is 115 Å². The lowest BCUT2D eigenvalue weighted by Crippen LogP contribution is -2.29. The van der Waals surface area contributed by atoms with E-state index >= 15 is 0 Å². The molecule has 2 rings (SSSR count). The summed E-state index contributed by atoms with van der Waals surface area (Å²) >= 11 is 0. The summed E-state index contributed by atoms with van der Waals surface area (Å²) < 4.78 is 16.2. The van der Waals surface area contributed by atoms with Crippen LogP contribution in [0.2, 0.25) is 0 Å². The number of rotatable bonds is 6. The number of ether oxygens (including phenoxy) is 3. The first-order chi connectivity index (χ1) is 9.28. The van der Waals surface area contributed by atoms with E-state index in [9.17, 15) is 0 Å². The van der Waals surface area contributed by atoms with Crippen LogP contribution in [0.4, 0.5) is 0 Å². The second-order valence-electron chi connectivity index (χ2n) is 4.90. The van der Waals surface area contributed by atoms with Crippen molar-refractivity contribution in [3.05, 3.63) is 29.8 Å². The van der Waals surface area contributed by atoms with Crippen LogP contribution in [-0.2, 0) is 16.0 Å². The van der Waals surface area contributed by atoms with Gasteiger partial charge in [-0.1, -0.05) is 12.1 Å². The minimum atomic E-state index is -0.0212. The van der Waals surface area contributed by atoms with Gasteiger partial charge in [0.25, 0.3) is 0 Å². The zero-order valence-corrected chi connectivity index (χ0v) is 11.8.